The van der Waals surface area contributed by atoms with E-state index in [0.29, 0.717) is 19.3 Å². The lowest BCUT2D eigenvalue weighted by molar-refractivity contribution is -0.161. The van der Waals surface area contributed by atoms with Gasteiger partial charge in [-0.2, -0.15) is 0 Å². The molecule has 2 N–H and O–H groups in total. The molecule has 0 aromatic rings. The highest BCUT2D eigenvalue weighted by Gasteiger charge is 2.28. The molecule has 0 aromatic heterocycles. The van der Waals surface area contributed by atoms with Gasteiger partial charge in [0.15, 0.2) is 6.10 Å². The van der Waals surface area contributed by atoms with Crippen LogP contribution >= 0.6 is 7.82 Å². The number of phosphoric ester groups is 1. The number of unbranched alkanes of at least 4 members (excludes halogenated alkanes) is 37. The van der Waals surface area contributed by atoms with Crippen LogP contribution in [0.15, 0.2) is 36.5 Å². The number of rotatable bonds is 60. The van der Waals surface area contributed by atoms with Gasteiger partial charge in [0.25, 0.3) is 0 Å². The molecule has 76 heavy (non-hydrogen) atoms. The van der Waals surface area contributed by atoms with Crippen molar-refractivity contribution in [2.24, 2.45) is 0 Å². The van der Waals surface area contributed by atoms with Crippen LogP contribution in [0, 0.1) is 0 Å². The summed E-state index contributed by atoms with van der Waals surface area (Å²) in [5.74, 6) is -1.44. The molecule has 3 atom stereocenters. The standard InChI is InChI=1S/C64H119O11P/c1-4-7-10-13-16-19-22-25-27-29-30-32-34-37-40-43-46-49-52-55-64(68)75-61(57-71-62(66)53-50-47-44-41-38-35-24-21-18-15-12-9-6-3)59-73-76(69,70)72-58-60(56-65)74-63(67)54-51-48-45-42-39-36-33-31-28-26-23-20-17-14-11-8-5-2/h8,11,17,20,26,28,60-61,65H,4-7,9-10,12-16,18-19,21-25,27,29-59H2,1-3H3,(H,69,70)/b11-8-,20-17-,28-26-. The van der Waals surface area contributed by atoms with Crippen LogP contribution in [-0.4, -0.2) is 66.5 Å². The number of allylic oxidation sites excluding steroid dienone is 6. The Kier molecular flexibility index (Phi) is 57.1. The molecular weight excluding hydrogens is 976 g/mol. The Morgan fingerprint density at radius 2 is 0.684 bits per heavy atom. The second-order valence-electron chi connectivity index (χ2n) is 21.6. The fraction of sp³-hybridized carbons (Fsp3) is 0.859. The maximum absolute atomic E-state index is 12.9. The summed E-state index contributed by atoms with van der Waals surface area (Å²) in [6, 6.07) is 0. The van der Waals surface area contributed by atoms with E-state index in [2.05, 4.69) is 57.2 Å². The monoisotopic (exact) mass is 1090 g/mol. The maximum Gasteiger partial charge on any atom is 0.472 e. The molecule has 0 bridgehead atoms. The molecule has 0 aliphatic rings. The normalized spacial score (nSPS) is 13.5. The van der Waals surface area contributed by atoms with Crippen molar-refractivity contribution >= 4 is 25.7 Å². The van der Waals surface area contributed by atoms with Gasteiger partial charge in [-0.3, -0.25) is 23.4 Å². The van der Waals surface area contributed by atoms with E-state index in [4.69, 9.17) is 23.3 Å². The Hall–Kier alpha value is -2.30. The predicted molar refractivity (Wildman–Crippen MR) is 316 cm³/mol. The van der Waals surface area contributed by atoms with Gasteiger partial charge in [-0.25, -0.2) is 4.57 Å². The summed E-state index contributed by atoms with van der Waals surface area (Å²) in [5, 5.41) is 9.84. The molecule has 0 aliphatic heterocycles. The Morgan fingerprint density at radius 3 is 1.05 bits per heavy atom. The third kappa shape index (κ3) is 56.4. The molecule has 0 fully saturated rings. The number of carbonyl (C=O) groups is 3. The Labute approximate surface area is 467 Å². The molecule has 0 aliphatic carbocycles. The molecule has 0 spiro atoms. The number of aliphatic hydroxyl groups is 1. The van der Waals surface area contributed by atoms with Gasteiger partial charge in [0.2, 0.25) is 0 Å². The van der Waals surface area contributed by atoms with E-state index < -0.39 is 57.8 Å². The van der Waals surface area contributed by atoms with Crippen molar-refractivity contribution in [2.75, 3.05) is 26.4 Å². The molecule has 12 heteroatoms. The third-order valence-electron chi connectivity index (χ3n) is 14.1. The number of phosphoric acid groups is 1. The number of hydrogen-bond acceptors (Lipinski definition) is 10. The molecule has 11 nitrogen and oxygen atoms in total. The largest absolute Gasteiger partial charge is 0.472 e. The van der Waals surface area contributed by atoms with Crippen LogP contribution in [0.4, 0.5) is 0 Å². The van der Waals surface area contributed by atoms with Crippen LogP contribution in [0.25, 0.3) is 0 Å². The van der Waals surface area contributed by atoms with E-state index in [1.165, 1.54) is 167 Å². The molecule has 446 valence electrons. The maximum atomic E-state index is 12.9. The molecule has 0 rings (SSSR count). The van der Waals surface area contributed by atoms with Gasteiger partial charge in [0, 0.05) is 19.3 Å². The number of hydrogen-bond donors (Lipinski definition) is 2. The summed E-state index contributed by atoms with van der Waals surface area (Å²) in [6.07, 6.45) is 62.4. The van der Waals surface area contributed by atoms with Gasteiger partial charge in [0.1, 0.15) is 12.7 Å². The molecule has 0 saturated heterocycles. The van der Waals surface area contributed by atoms with Crippen molar-refractivity contribution in [3.8, 4) is 0 Å². The summed E-state index contributed by atoms with van der Waals surface area (Å²) in [7, 11) is -4.75. The van der Waals surface area contributed by atoms with Crippen molar-refractivity contribution in [3.05, 3.63) is 36.5 Å². The SMILES string of the molecule is CC/C=C\C/C=C\C/C=C\CCCCCCCCCC(=O)OC(CO)COP(=O)(O)OCC(COC(=O)CCCCCCCCCCCCCCC)OC(=O)CCCCCCCCCCCCCCCCCCCCC. The first-order valence-electron chi connectivity index (χ1n) is 31.9. The fourth-order valence-corrected chi connectivity index (χ4v) is 10.0. The Balaban J connectivity index is 4.63. The lowest BCUT2D eigenvalue weighted by atomic mass is 10.0. The van der Waals surface area contributed by atoms with Crippen molar-refractivity contribution < 1.29 is 52.2 Å². The number of ether oxygens (including phenoxy) is 3. The van der Waals surface area contributed by atoms with Crippen molar-refractivity contribution in [2.45, 2.75) is 328 Å². The zero-order valence-electron chi connectivity index (χ0n) is 49.5. The van der Waals surface area contributed by atoms with E-state index in [1.54, 1.807) is 0 Å². The fourth-order valence-electron chi connectivity index (χ4n) is 9.26. The van der Waals surface area contributed by atoms with E-state index >= 15 is 0 Å². The topological polar surface area (TPSA) is 155 Å². The van der Waals surface area contributed by atoms with Crippen LogP contribution in [0.3, 0.4) is 0 Å². The van der Waals surface area contributed by atoms with Crippen molar-refractivity contribution in [1.82, 2.24) is 0 Å². The molecular formula is C64H119O11P. The molecule has 0 amide bonds. The molecule has 0 saturated carbocycles. The van der Waals surface area contributed by atoms with Crippen LogP contribution in [-0.2, 0) is 42.2 Å². The average molecular weight is 1100 g/mol. The van der Waals surface area contributed by atoms with E-state index in [9.17, 15) is 28.9 Å². The first-order chi connectivity index (χ1) is 37.2. The van der Waals surface area contributed by atoms with E-state index in [1.807, 2.05) is 0 Å². The first kappa shape index (κ1) is 73.7. The molecule has 0 aromatic carbocycles. The lowest BCUT2D eigenvalue weighted by Crippen LogP contribution is -2.30. The number of esters is 3. The second kappa shape index (κ2) is 58.8. The number of aliphatic hydroxyl groups excluding tert-OH is 1. The van der Waals surface area contributed by atoms with Gasteiger partial charge in [0.05, 0.1) is 19.8 Å². The minimum absolute atomic E-state index is 0.169. The van der Waals surface area contributed by atoms with Gasteiger partial charge in [-0.1, -0.05) is 282 Å². The summed E-state index contributed by atoms with van der Waals surface area (Å²) >= 11 is 0. The van der Waals surface area contributed by atoms with Gasteiger partial charge in [-0.15, -0.1) is 0 Å². The Bertz CT molecular complexity index is 1420. The molecule has 3 unspecified atom stereocenters. The summed E-state index contributed by atoms with van der Waals surface area (Å²) < 4.78 is 39.7. The van der Waals surface area contributed by atoms with Crippen LogP contribution in [0.5, 0.6) is 0 Å². The van der Waals surface area contributed by atoms with Crippen LogP contribution in [0.1, 0.15) is 316 Å². The van der Waals surface area contributed by atoms with Crippen molar-refractivity contribution in [1.29, 1.82) is 0 Å². The van der Waals surface area contributed by atoms with Gasteiger partial charge in [-0.05, 0) is 51.4 Å². The first-order valence-corrected chi connectivity index (χ1v) is 33.4. The quantitative estimate of drug-likeness (QED) is 0.0197. The summed E-state index contributed by atoms with van der Waals surface area (Å²) in [4.78, 5) is 48.7. The highest BCUT2D eigenvalue weighted by atomic mass is 31.2. The summed E-state index contributed by atoms with van der Waals surface area (Å²) in [5.41, 5.74) is 0. The van der Waals surface area contributed by atoms with Gasteiger partial charge < -0.3 is 24.2 Å². The van der Waals surface area contributed by atoms with Crippen LogP contribution < -0.4 is 0 Å². The second-order valence-corrected chi connectivity index (χ2v) is 23.0. The summed E-state index contributed by atoms with van der Waals surface area (Å²) in [6.45, 7) is 4.60. The molecule has 0 radical (unpaired) electrons. The van der Waals surface area contributed by atoms with Gasteiger partial charge >= 0.3 is 25.7 Å². The van der Waals surface area contributed by atoms with Crippen molar-refractivity contribution in [3.63, 3.8) is 0 Å². The predicted octanol–water partition coefficient (Wildman–Crippen LogP) is 19.2. The van der Waals surface area contributed by atoms with E-state index in [-0.39, 0.29) is 25.9 Å². The minimum atomic E-state index is -4.75. The zero-order valence-corrected chi connectivity index (χ0v) is 50.4. The smallest absolute Gasteiger partial charge is 0.462 e. The zero-order chi connectivity index (χ0) is 55.5. The van der Waals surface area contributed by atoms with Crippen LogP contribution in [0.2, 0.25) is 0 Å². The highest BCUT2D eigenvalue weighted by Crippen LogP contribution is 2.43. The average Bonchev–Trinajstić information content (AvgIpc) is 3.41. The lowest BCUT2D eigenvalue weighted by Gasteiger charge is -2.21. The minimum Gasteiger partial charge on any atom is -0.462 e. The molecule has 0 heterocycles. The number of carbonyl (C=O) groups excluding carboxylic acids is 3. The van der Waals surface area contributed by atoms with E-state index in [0.717, 1.165) is 89.9 Å². The Morgan fingerprint density at radius 1 is 0.382 bits per heavy atom. The third-order valence-corrected chi connectivity index (χ3v) is 15.0. The highest BCUT2D eigenvalue weighted by molar-refractivity contribution is 7.47.